The fourth-order valence-electron chi connectivity index (χ4n) is 2.84. The smallest absolute Gasteiger partial charge is 0.0243 e. The topological polar surface area (TPSA) is 12.0 Å². The molecule has 0 amide bonds. The molecule has 2 aromatic rings. The van der Waals surface area contributed by atoms with Gasteiger partial charge in [0.1, 0.15) is 0 Å². The maximum atomic E-state index is 3.67. The van der Waals surface area contributed by atoms with Gasteiger partial charge in [0.25, 0.3) is 0 Å². The summed E-state index contributed by atoms with van der Waals surface area (Å²) < 4.78 is 1.22. The molecule has 0 spiro atoms. The predicted octanol–water partition coefficient (Wildman–Crippen LogP) is 3.84. The molecule has 1 fully saturated rings. The van der Waals surface area contributed by atoms with E-state index in [0.717, 1.165) is 19.5 Å². The third-order valence-electron chi connectivity index (χ3n) is 4.04. The summed E-state index contributed by atoms with van der Waals surface area (Å²) in [7, 11) is 0. The molecule has 0 aromatic heterocycles. The normalized spacial score (nSPS) is 16.9. The van der Waals surface area contributed by atoms with Gasteiger partial charge in [0.2, 0.25) is 0 Å². The fourth-order valence-corrected chi connectivity index (χ4v) is 3.26. The molecule has 1 saturated heterocycles. The number of hydrogen-bond donors (Lipinski definition) is 1. The molecule has 0 saturated carbocycles. The van der Waals surface area contributed by atoms with Crippen molar-refractivity contribution in [2.24, 2.45) is 0 Å². The van der Waals surface area contributed by atoms with E-state index in [1.165, 1.54) is 21.2 Å². The zero-order valence-electron chi connectivity index (χ0n) is 11.1. The van der Waals surface area contributed by atoms with Crippen LogP contribution in [0.1, 0.15) is 16.7 Å². The number of benzene rings is 2. The van der Waals surface area contributed by atoms with Crippen LogP contribution in [0.25, 0.3) is 0 Å². The van der Waals surface area contributed by atoms with Gasteiger partial charge >= 0.3 is 0 Å². The van der Waals surface area contributed by atoms with Crippen LogP contribution in [-0.4, -0.2) is 13.1 Å². The summed E-state index contributed by atoms with van der Waals surface area (Å²) in [5.74, 6) is 0. The van der Waals surface area contributed by atoms with E-state index in [0.29, 0.717) is 0 Å². The van der Waals surface area contributed by atoms with E-state index < -0.39 is 0 Å². The molecule has 0 atom stereocenters. The molecule has 0 unspecified atom stereocenters. The summed E-state index contributed by atoms with van der Waals surface area (Å²) in [6.07, 6.45) is 1.09. The van der Waals surface area contributed by atoms with Crippen molar-refractivity contribution >= 4 is 15.9 Å². The van der Waals surface area contributed by atoms with E-state index in [2.05, 4.69) is 76.7 Å². The fraction of sp³-hybridized carbons (Fsp3) is 0.294. The molecular weight excluding hydrogens is 298 g/mol. The van der Waals surface area contributed by atoms with Crippen LogP contribution in [0.2, 0.25) is 0 Å². The van der Waals surface area contributed by atoms with E-state index in [9.17, 15) is 0 Å². The molecule has 1 aliphatic heterocycles. The summed E-state index contributed by atoms with van der Waals surface area (Å²) in [6.45, 7) is 4.30. The standard InChI is InChI=1S/C17H18BrN/c1-13-5-4-7-15(9-13)17(11-19-12-17)10-14-6-2-3-8-16(14)18/h2-9,19H,10-12H2,1H3. The largest absolute Gasteiger partial charge is 0.315 e. The van der Waals surface area contributed by atoms with Crippen LogP contribution in [-0.2, 0) is 11.8 Å². The van der Waals surface area contributed by atoms with Crippen molar-refractivity contribution in [2.75, 3.05) is 13.1 Å². The molecule has 19 heavy (non-hydrogen) atoms. The first-order chi connectivity index (χ1) is 9.20. The van der Waals surface area contributed by atoms with Gasteiger partial charge in [-0.3, -0.25) is 0 Å². The Hall–Kier alpha value is -1.12. The molecular formula is C17H18BrN. The minimum Gasteiger partial charge on any atom is -0.315 e. The van der Waals surface area contributed by atoms with Crippen LogP contribution >= 0.6 is 15.9 Å². The first-order valence-electron chi connectivity index (χ1n) is 6.71. The quantitative estimate of drug-likeness (QED) is 0.907. The maximum absolute atomic E-state index is 3.67. The third kappa shape index (κ3) is 2.47. The Kier molecular flexibility index (Phi) is 3.46. The minimum atomic E-state index is 0.260. The van der Waals surface area contributed by atoms with E-state index in [-0.39, 0.29) is 5.41 Å². The Labute approximate surface area is 123 Å². The van der Waals surface area contributed by atoms with Gasteiger partial charge in [-0.05, 0) is 30.5 Å². The Morgan fingerprint density at radius 2 is 1.89 bits per heavy atom. The van der Waals surface area contributed by atoms with Crippen molar-refractivity contribution in [1.82, 2.24) is 5.32 Å². The number of rotatable bonds is 3. The highest BCUT2D eigenvalue weighted by Gasteiger charge is 2.38. The Morgan fingerprint density at radius 1 is 1.11 bits per heavy atom. The second-order valence-electron chi connectivity index (χ2n) is 5.52. The summed E-state index contributed by atoms with van der Waals surface area (Å²) in [5.41, 5.74) is 4.46. The highest BCUT2D eigenvalue weighted by molar-refractivity contribution is 9.10. The van der Waals surface area contributed by atoms with Crippen LogP contribution in [0.15, 0.2) is 53.0 Å². The van der Waals surface area contributed by atoms with Crippen molar-refractivity contribution in [3.63, 3.8) is 0 Å². The summed E-state index contributed by atoms with van der Waals surface area (Å²) in [5, 5.41) is 3.44. The highest BCUT2D eigenvalue weighted by Crippen LogP contribution is 2.34. The first-order valence-corrected chi connectivity index (χ1v) is 7.50. The van der Waals surface area contributed by atoms with E-state index in [1.807, 2.05) is 0 Å². The van der Waals surface area contributed by atoms with Crippen molar-refractivity contribution in [2.45, 2.75) is 18.8 Å². The van der Waals surface area contributed by atoms with Gasteiger partial charge in [0.15, 0.2) is 0 Å². The summed E-state index contributed by atoms with van der Waals surface area (Å²) in [4.78, 5) is 0. The number of aryl methyl sites for hydroxylation is 1. The van der Waals surface area contributed by atoms with Crippen molar-refractivity contribution in [1.29, 1.82) is 0 Å². The lowest BCUT2D eigenvalue weighted by Gasteiger charge is -2.44. The molecule has 0 radical (unpaired) electrons. The zero-order valence-corrected chi connectivity index (χ0v) is 12.7. The lowest BCUT2D eigenvalue weighted by Crippen LogP contribution is -2.58. The average molecular weight is 316 g/mol. The number of nitrogens with one attached hydrogen (secondary N) is 1. The third-order valence-corrected chi connectivity index (χ3v) is 4.82. The lowest BCUT2D eigenvalue weighted by atomic mass is 9.71. The van der Waals surface area contributed by atoms with Crippen LogP contribution in [0.3, 0.4) is 0 Å². The van der Waals surface area contributed by atoms with Crippen molar-refractivity contribution < 1.29 is 0 Å². The van der Waals surface area contributed by atoms with Gasteiger partial charge in [0, 0.05) is 23.0 Å². The van der Waals surface area contributed by atoms with E-state index in [1.54, 1.807) is 0 Å². The number of hydrogen-bond acceptors (Lipinski definition) is 1. The van der Waals surface area contributed by atoms with Gasteiger partial charge in [-0.25, -0.2) is 0 Å². The summed E-state index contributed by atoms with van der Waals surface area (Å²) >= 11 is 3.67. The lowest BCUT2D eigenvalue weighted by molar-refractivity contribution is 0.274. The number of halogens is 1. The van der Waals surface area contributed by atoms with Gasteiger partial charge in [-0.2, -0.15) is 0 Å². The predicted molar refractivity (Wildman–Crippen MR) is 83.6 cm³/mol. The van der Waals surface area contributed by atoms with Crippen LogP contribution in [0.5, 0.6) is 0 Å². The highest BCUT2D eigenvalue weighted by atomic mass is 79.9. The molecule has 98 valence electrons. The Balaban J connectivity index is 1.94. The zero-order chi connectivity index (χ0) is 13.3. The van der Waals surface area contributed by atoms with E-state index >= 15 is 0 Å². The average Bonchev–Trinajstić information content (AvgIpc) is 2.36. The molecule has 3 rings (SSSR count). The van der Waals surface area contributed by atoms with Gasteiger partial charge in [-0.15, -0.1) is 0 Å². The van der Waals surface area contributed by atoms with Crippen molar-refractivity contribution in [3.8, 4) is 0 Å². The Morgan fingerprint density at radius 3 is 2.53 bits per heavy atom. The van der Waals surface area contributed by atoms with Gasteiger partial charge in [0.05, 0.1) is 0 Å². The molecule has 0 bridgehead atoms. The summed E-state index contributed by atoms with van der Waals surface area (Å²) in [6, 6.07) is 17.5. The Bertz CT molecular complexity index is 587. The maximum Gasteiger partial charge on any atom is 0.0243 e. The molecule has 0 aliphatic carbocycles. The minimum absolute atomic E-state index is 0.260. The van der Waals surface area contributed by atoms with Crippen LogP contribution in [0.4, 0.5) is 0 Å². The van der Waals surface area contributed by atoms with Crippen molar-refractivity contribution in [3.05, 3.63) is 69.7 Å². The van der Waals surface area contributed by atoms with E-state index in [4.69, 9.17) is 0 Å². The van der Waals surface area contributed by atoms with Crippen LogP contribution < -0.4 is 5.32 Å². The molecule has 1 aliphatic rings. The molecule has 1 N–H and O–H groups in total. The van der Waals surface area contributed by atoms with Gasteiger partial charge in [-0.1, -0.05) is 64.0 Å². The molecule has 1 nitrogen and oxygen atoms in total. The second-order valence-corrected chi connectivity index (χ2v) is 6.38. The second kappa shape index (κ2) is 5.10. The monoisotopic (exact) mass is 315 g/mol. The molecule has 2 aromatic carbocycles. The van der Waals surface area contributed by atoms with Crippen LogP contribution in [0, 0.1) is 6.92 Å². The molecule has 1 heterocycles. The van der Waals surface area contributed by atoms with Gasteiger partial charge < -0.3 is 5.32 Å². The first kappa shape index (κ1) is 12.9. The SMILES string of the molecule is Cc1cccc(C2(Cc3ccccc3Br)CNC2)c1. The molecule has 2 heteroatoms.